The van der Waals surface area contributed by atoms with Gasteiger partial charge in [-0.05, 0) is 17.7 Å². The Kier molecular flexibility index (Phi) is 6.84. The lowest BCUT2D eigenvalue weighted by molar-refractivity contribution is 0.0544. The second-order valence-corrected chi connectivity index (χ2v) is 3.83. The Bertz CT molecular complexity index is 368. The number of allylic oxidation sites excluding steroid dienone is 2. The van der Waals surface area contributed by atoms with Crippen LogP contribution in [0.15, 0.2) is 49.1 Å². The fraction of sp³-hybridized carbons (Fsp3) is 0.333. The molecule has 0 spiro atoms. The molecule has 0 saturated heterocycles. The number of aliphatic hydroxyl groups is 1. The van der Waals surface area contributed by atoms with Gasteiger partial charge in [-0.1, -0.05) is 36.9 Å². The predicted octanol–water partition coefficient (Wildman–Crippen LogP) is 2.71. The molecule has 1 aromatic carbocycles. The molecule has 0 aliphatic rings. The molecule has 0 amide bonds. The van der Waals surface area contributed by atoms with Crippen LogP contribution in [0, 0.1) is 0 Å². The first-order valence-electron chi connectivity index (χ1n) is 5.94. The van der Waals surface area contributed by atoms with Crippen molar-refractivity contribution >= 4 is 0 Å². The van der Waals surface area contributed by atoms with Gasteiger partial charge in [0.15, 0.2) is 0 Å². The predicted molar refractivity (Wildman–Crippen MR) is 72.6 cm³/mol. The maximum atomic E-state index is 8.95. The van der Waals surface area contributed by atoms with E-state index in [4.69, 9.17) is 14.6 Å². The SMILES string of the molecule is C=C/C=C/[C@H](CCO)OCc1ccc(OC)cc1. The fourth-order valence-corrected chi connectivity index (χ4v) is 1.49. The molecular formula is C15H20O3. The number of hydrogen-bond donors (Lipinski definition) is 1. The van der Waals surface area contributed by atoms with Crippen LogP contribution in [0.25, 0.3) is 0 Å². The number of benzene rings is 1. The summed E-state index contributed by atoms with van der Waals surface area (Å²) in [6.07, 6.45) is 5.91. The number of aliphatic hydroxyl groups excluding tert-OH is 1. The molecule has 3 nitrogen and oxygen atoms in total. The average molecular weight is 248 g/mol. The van der Waals surface area contributed by atoms with Gasteiger partial charge in [0, 0.05) is 13.0 Å². The Hall–Kier alpha value is -1.58. The molecule has 1 aromatic rings. The summed E-state index contributed by atoms with van der Waals surface area (Å²) in [5, 5.41) is 8.95. The molecule has 98 valence electrons. The van der Waals surface area contributed by atoms with Crippen LogP contribution < -0.4 is 4.74 Å². The molecule has 0 aliphatic heterocycles. The monoisotopic (exact) mass is 248 g/mol. The van der Waals surface area contributed by atoms with E-state index in [0.29, 0.717) is 13.0 Å². The Labute approximate surface area is 108 Å². The first kappa shape index (κ1) is 14.5. The van der Waals surface area contributed by atoms with Crippen LogP contribution in [0.4, 0.5) is 0 Å². The molecule has 0 heterocycles. The van der Waals surface area contributed by atoms with E-state index in [-0.39, 0.29) is 12.7 Å². The van der Waals surface area contributed by atoms with E-state index in [2.05, 4.69) is 6.58 Å². The maximum Gasteiger partial charge on any atom is 0.118 e. The summed E-state index contributed by atoms with van der Waals surface area (Å²) in [7, 11) is 1.64. The summed E-state index contributed by atoms with van der Waals surface area (Å²) < 4.78 is 10.8. The van der Waals surface area contributed by atoms with E-state index in [0.717, 1.165) is 11.3 Å². The van der Waals surface area contributed by atoms with Crippen molar-refractivity contribution in [3.8, 4) is 5.75 Å². The summed E-state index contributed by atoms with van der Waals surface area (Å²) >= 11 is 0. The van der Waals surface area contributed by atoms with Gasteiger partial charge < -0.3 is 14.6 Å². The smallest absolute Gasteiger partial charge is 0.118 e. The van der Waals surface area contributed by atoms with E-state index >= 15 is 0 Å². The van der Waals surface area contributed by atoms with Gasteiger partial charge in [-0.25, -0.2) is 0 Å². The van der Waals surface area contributed by atoms with Crippen molar-refractivity contribution in [3.05, 3.63) is 54.6 Å². The number of methoxy groups -OCH3 is 1. The topological polar surface area (TPSA) is 38.7 Å². The minimum absolute atomic E-state index is 0.0879. The number of hydrogen-bond acceptors (Lipinski definition) is 3. The van der Waals surface area contributed by atoms with Gasteiger partial charge in [0.2, 0.25) is 0 Å². The largest absolute Gasteiger partial charge is 0.497 e. The van der Waals surface area contributed by atoms with Crippen molar-refractivity contribution in [2.45, 2.75) is 19.1 Å². The molecule has 0 saturated carbocycles. The van der Waals surface area contributed by atoms with Crippen molar-refractivity contribution in [1.82, 2.24) is 0 Å². The average Bonchev–Trinajstić information content (AvgIpc) is 2.42. The molecular weight excluding hydrogens is 228 g/mol. The van der Waals surface area contributed by atoms with Gasteiger partial charge >= 0.3 is 0 Å². The minimum Gasteiger partial charge on any atom is -0.497 e. The quantitative estimate of drug-likeness (QED) is 0.719. The van der Waals surface area contributed by atoms with E-state index in [1.807, 2.05) is 36.4 Å². The number of ether oxygens (including phenoxy) is 2. The van der Waals surface area contributed by atoms with Crippen LogP contribution in [-0.4, -0.2) is 24.9 Å². The van der Waals surface area contributed by atoms with Crippen LogP contribution >= 0.6 is 0 Å². The van der Waals surface area contributed by atoms with Gasteiger partial charge in [0.05, 0.1) is 19.8 Å². The second kappa shape index (κ2) is 8.50. The molecule has 1 atom stereocenters. The third kappa shape index (κ3) is 5.17. The molecule has 0 aromatic heterocycles. The molecule has 0 radical (unpaired) electrons. The highest BCUT2D eigenvalue weighted by Gasteiger charge is 2.04. The third-order valence-electron chi connectivity index (χ3n) is 2.50. The summed E-state index contributed by atoms with van der Waals surface area (Å²) in [5.41, 5.74) is 1.07. The van der Waals surface area contributed by atoms with Crippen molar-refractivity contribution in [2.24, 2.45) is 0 Å². The Morgan fingerprint density at radius 2 is 2.06 bits per heavy atom. The minimum atomic E-state index is -0.0879. The standard InChI is InChI=1S/C15H20O3/c1-3-4-5-15(10-11-16)18-12-13-6-8-14(17-2)9-7-13/h3-9,15-16H,1,10-12H2,2H3/b5-4+/t15-/m1/s1. The van der Waals surface area contributed by atoms with Crippen LogP contribution in [-0.2, 0) is 11.3 Å². The molecule has 1 N–H and O–H groups in total. The summed E-state index contributed by atoms with van der Waals surface area (Å²) in [5.74, 6) is 0.831. The highest BCUT2D eigenvalue weighted by atomic mass is 16.5. The number of rotatable bonds is 8. The summed E-state index contributed by atoms with van der Waals surface area (Å²) in [6.45, 7) is 4.23. The van der Waals surface area contributed by atoms with Crippen molar-refractivity contribution in [2.75, 3.05) is 13.7 Å². The Balaban J connectivity index is 2.49. The van der Waals surface area contributed by atoms with E-state index in [1.165, 1.54) is 0 Å². The first-order valence-corrected chi connectivity index (χ1v) is 5.94. The highest BCUT2D eigenvalue weighted by molar-refractivity contribution is 5.26. The zero-order valence-electron chi connectivity index (χ0n) is 10.7. The third-order valence-corrected chi connectivity index (χ3v) is 2.50. The molecule has 1 rings (SSSR count). The Morgan fingerprint density at radius 3 is 2.61 bits per heavy atom. The lowest BCUT2D eigenvalue weighted by Crippen LogP contribution is -2.11. The zero-order valence-corrected chi connectivity index (χ0v) is 10.7. The Morgan fingerprint density at radius 1 is 1.33 bits per heavy atom. The van der Waals surface area contributed by atoms with Gasteiger partial charge in [-0.2, -0.15) is 0 Å². The summed E-state index contributed by atoms with van der Waals surface area (Å²) in [6, 6.07) is 7.73. The lowest BCUT2D eigenvalue weighted by atomic mass is 10.2. The first-order chi connectivity index (χ1) is 8.80. The lowest BCUT2D eigenvalue weighted by Gasteiger charge is -2.13. The van der Waals surface area contributed by atoms with Crippen molar-refractivity contribution < 1.29 is 14.6 Å². The molecule has 0 aliphatic carbocycles. The second-order valence-electron chi connectivity index (χ2n) is 3.83. The van der Waals surface area contributed by atoms with E-state index < -0.39 is 0 Å². The van der Waals surface area contributed by atoms with Crippen LogP contribution in [0.1, 0.15) is 12.0 Å². The van der Waals surface area contributed by atoms with E-state index in [1.54, 1.807) is 13.2 Å². The molecule has 0 bridgehead atoms. The zero-order chi connectivity index (χ0) is 13.2. The molecule has 0 unspecified atom stereocenters. The van der Waals surface area contributed by atoms with Crippen molar-refractivity contribution in [1.29, 1.82) is 0 Å². The van der Waals surface area contributed by atoms with Crippen LogP contribution in [0.5, 0.6) is 5.75 Å². The normalized spacial score (nSPS) is 12.6. The van der Waals surface area contributed by atoms with Gasteiger partial charge in [0.1, 0.15) is 5.75 Å². The van der Waals surface area contributed by atoms with Gasteiger partial charge in [-0.3, -0.25) is 0 Å². The molecule has 0 fully saturated rings. The fourth-order valence-electron chi connectivity index (χ4n) is 1.49. The van der Waals surface area contributed by atoms with Crippen molar-refractivity contribution in [3.63, 3.8) is 0 Å². The van der Waals surface area contributed by atoms with E-state index in [9.17, 15) is 0 Å². The molecule has 18 heavy (non-hydrogen) atoms. The maximum absolute atomic E-state index is 8.95. The summed E-state index contributed by atoms with van der Waals surface area (Å²) in [4.78, 5) is 0. The van der Waals surface area contributed by atoms with Crippen LogP contribution in [0.2, 0.25) is 0 Å². The van der Waals surface area contributed by atoms with Gasteiger partial charge in [-0.15, -0.1) is 0 Å². The van der Waals surface area contributed by atoms with Crippen LogP contribution in [0.3, 0.4) is 0 Å². The van der Waals surface area contributed by atoms with Gasteiger partial charge in [0.25, 0.3) is 0 Å². The highest BCUT2D eigenvalue weighted by Crippen LogP contribution is 2.13. The molecule has 3 heteroatoms.